The largest absolute Gasteiger partial charge is 0.213 e. The van der Waals surface area contributed by atoms with Crippen molar-refractivity contribution in [2.75, 3.05) is 0 Å². The zero-order chi connectivity index (χ0) is 21.6. The summed E-state index contributed by atoms with van der Waals surface area (Å²) in [5.41, 5.74) is 9.86. The topological polar surface area (TPSA) is 7.76 Å². The van der Waals surface area contributed by atoms with Gasteiger partial charge in [-0.1, -0.05) is 38.1 Å². The van der Waals surface area contributed by atoms with Gasteiger partial charge in [0.05, 0.1) is 5.39 Å². The second-order valence-electron chi connectivity index (χ2n) is 8.69. The van der Waals surface area contributed by atoms with Crippen LogP contribution in [0.4, 0.5) is 0 Å². The molecule has 156 valence electrons. The Kier molecular flexibility index (Phi) is 4.89. The van der Waals surface area contributed by atoms with Crippen LogP contribution in [0.5, 0.6) is 0 Å². The van der Waals surface area contributed by atoms with Crippen LogP contribution >= 0.6 is 0 Å². The maximum Gasteiger partial charge on any atom is 0.213 e. The van der Waals surface area contributed by atoms with E-state index in [1.54, 1.807) is 0 Å². The summed E-state index contributed by atoms with van der Waals surface area (Å²) in [6.45, 7) is 11.1. The Bertz CT molecular complexity index is 1260. The number of rotatable bonds is 5. The van der Waals surface area contributed by atoms with Gasteiger partial charge in [-0.3, -0.25) is 0 Å². The lowest BCUT2D eigenvalue weighted by Gasteiger charge is -2.29. The molecule has 2 heteroatoms. The van der Waals surface area contributed by atoms with Gasteiger partial charge in [0.25, 0.3) is 0 Å². The van der Waals surface area contributed by atoms with Crippen molar-refractivity contribution < 1.29 is 9.13 Å². The van der Waals surface area contributed by atoms with E-state index in [4.69, 9.17) is 0 Å². The molecule has 0 saturated heterocycles. The third kappa shape index (κ3) is 2.85. The highest BCUT2D eigenvalue weighted by Crippen LogP contribution is 2.54. The molecule has 0 amide bonds. The molecule has 2 heterocycles. The molecule has 2 nitrogen and oxygen atoms in total. The van der Waals surface area contributed by atoms with Crippen LogP contribution in [-0.2, 0) is 18.5 Å². The van der Waals surface area contributed by atoms with E-state index >= 15 is 0 Å². The quantitative estimate of drug-likeness (QED) is 0.347. The number of aromatic nitrogens is 2. The first kappa shape index (κ1) is 19.9. The Morgan fingerprint density at radius 3 is 2.16 bits per heavy atom. The lowest BCUT2D eigenvalue weighted by atomic mass is 9.73. The molecule has 0 unspecified atom stereocenters. The highest BCUT2D eigenvalue weighted by atomic mass is 14.9. The molecule has 5 rings (SSSR count). The summed E-state index contributed by atoms with van der Waals surface area (Å²) >= 11 is 0. The fourth-order valence-corrected chi connectivity index (χ4v) is 5.64. The van der Waals surface area contributed by atoms with E-state index in [-0.39, 0.29) is 5.41 Å². The van der Waals surface area contributed by atoms with Crippen LogP contribution in [0, 0.1) is 0 Å². The Labute approximate surface area is 185 Å². The molecule has 0 spiro atoms. The van der Waals surface area contributed by atoms with E-state index in [0.717, 1.165) is 25.9 Å². The van der Waals surface area contributed by atoms with Crippen LogP contribution in [0.25, 0.3) is 33.2 Å². The maximum atomic E-state index is 2.47. The Balaban J connectivity index is 1.79. The minimum absolute atomic E-state index is 0.0692. The number of aryl methyl sites for hydroxylation is 2. The maximum absolute atomic E-state index is 2.47. The molecule has 0 atom stereocenters. The van der Waals surface area contributed by atoms with E-state index in [1.807, 2.05) is 0 Å². The summed E-state index contributed by atoms with van der Waals surface area (Å²) in [5.74, 6) is 0. The van der Waals surface area contributed by atoms with Gasteiger partial charge in [-0.15, -0.1) is 0 Å². The second kappa shape index (κ2) is 7.60. The average molecular weight is 409 g/mol. The van der Waals surface area contributed by atoms with E-state index in [2.05, 4.69) is 110 Å². The van der Waals surface area contributed by atoms with Crippen LogP contribution in [0.1, 0.15) is 51.7 Å². The van der Waals surface area contributed by atoms with Crippen LogP contribution in [0.15, 0.2) is 73.2 Å². The van der Waals surface area contributed by atoms with Crippen molar-refractivity contribution in [1.82, 2.24) is 0 Å². The number of para-hydroxylation sites is 1. The smallest absolute Gasteiger partial charge is 0.205 e. The number of hydrogen-bond donors (Lipinski definition) is 0. The number of hydrogen-bond acceptors (Lipinski definition) is 0. The van der Waals surface area contributed by atoms with Crippen molar-refractivity contribution in [3.63, 3.8) is 0 Å². The van der Waals surface area contributed by atoms with Gasteiger partial charge in [-0.25, -0.2) is 4.57 Å². The lowest BCUT2D eigenvalue weighted by Crippen LogP contribution is -2.36. The third-order valence-corrected chi connectivity index (χ3v) is 7.49. The third-order valence-electron chi connectivity index (χ3n) is 7.49. The molecule has 1 aliphatic rings. The highest BCUT2D eigenvalue weighted by Gasteiger charge is 2.44. The van der Waals surface area contributed by atoms with Gasteiger partial charge >= 0.3 is 0 Å². The molecule has 0 bridgehead atoms. The monoisotopic (exact) mass is 408 g/mol. The fourth-order valence-electron chi connectivity index (χ4n) is 5.64. The van der Waals surface area contributed by atoms with E-state index in [0.29, 0.717) is 0 Å². The molecule has 0 fully saturated rings. The summed E-state index contributed by atoms with van der Waals surface area (Å²) < 4.78 is 4.65. The van der Waals surface area contributed by atoms with Gasteiger partial charge in [-0.2, -0.15) is 4.57 Å². The van der Waals surface area contributed by atoms with Gasteiger partial charge < -0.3 is 0 Å². The number of nitrogens with zero attached hydrogens (tertiary/aromatic N) is 2. The Morgan fingerprint density at radius 2 is 1.48 bits per heavy atom. The van der Waals surface area contributed by atoms with Crippen LogP contribution < -0.4 is 9.13 Å². The number of fused-ring (bicyclic) bond motifs is 5. The molecular weight excluding hydrogens is 376 g/mol. The van der Waals surface area contributed by atoms with Crippen LogP contribution in [0.3, 0.4) is 0 Å². The number of benzene rings is 2. The molecule has 0 saturated carbocycles. The predicted molar refractivity (Wildman–Crippen MR) is 128 cm³/mol. The molecule has 0 N–H and O–H groups in total. The lowest BCUT2D eigenvalue weighted by molar-refractivity contribution is -0.693. The molecule has 1 aliphatic carbocycles. The first-order chi connectivity index (χ1) is 15.2. The first-order valence-electron chi connectivity index (χ1n) is 11.8. The molecule has 4 aromatic rings. The van der Waals surface area contributed by atoms with Crippen molar-refractivity contribution in [3.8, 4) is 22.3 Å². The highest BCUT2D eigenvalue weighted by molar-refractivity contribution is 5.99. The normalized spacial score (nSPS) is 13.9. The van der Waals surface area contributed by atoms with E-state index in [1.165, 1.54) is 44.3 Å². The molecule has 2 aromatic carbocycles. The van der Waals surface area contributed by atoms with Crippen LogP contribution in [-0.4, -0.2) is 0 Å². The van der Waals surface area contributed by atoms with Crippen molar-refractivity contribution in [1.29, 1.82) is 0 Å². The summed E-state index contributed by atoms with van der Waals surface area (Å²) in [4.78, 5) is 0. The zero-order valence-electron chi connectivity index (χ0n) is 19.2. The Morgan fingerprint density at radius 1 is 0.742 bits per heavy atom. The van der Waals surface area contributed by atoms with E-state index in [9.17, 15) is 0 Å². The predicted octanol–water partition coefficient (Wildman–Crippen LogP) is 6.21. The van der Waals surface area contributed by atoms with Crippen molar-refractivity contribution in [2.45, 2.75) is 59.0 Å². The van der Waals surface area contributed by atoms with Crippen molar-refractivity contribution >= 4 is 10.9 Å². The summed E-state index contributed by atoms with van der Waals surface area (Å²) in [5, 5.41) is 1.38. The first-order valence-corrected chi connectivity index (χ1v) is 11.8. The molecule has 2 aromatic heterocycles. The van der Waals surface area contributed by atoms with Crippen molar-refractivity contribution in [3.05, 3.63) is 84.3 Å². The molecule has 0 radical (unpaired) electrons. The van der Waals surface area contributed by atoms with Crippen molar-refractivity contribution in [2.24, 2.45) is 0 Å². The molecule has 31 heavy (non-hydrogen) atoms. The summed E-state index contributed by atoms with van der Waals surface area (Å²) in [6, 6.07) is 20.6. The minimum Gasteiger partial charge on any atom is -0.205 e. The van der Waals surface area contributed by atoms with Gasteiger partial charge in [0.2, 0.25) is 5.52 Å². The average Bonchev–Trinajstić information content (AvgIpc) is 3.12. The number of pyridine rings is 2. The van der Waals surface area contributed by atoms with E-state index < -0.39 is 0 Å². The van der Waals surface area contributed by atoms with Gasteiger partial charge in [0.15, 0.2) is 18.6 Å². The standard InChI is InChI=1S/C29H32N2/c1-5-29(6-2)25-19-22(21-15-17-30(7-3)18-16-21)13-14-23(25)28-24-11-9-10-12-27(24)31(8-4)20-26(28)29/h9-20H,5-8H2,1-4H3/q+2. The van der Waals surface area contributed by atoms with Gasteiger partial charge in [-0.05, 0) is 61.1 Å². The summed E-state index contributed by atoms with van der Waals surface area (Å²) in [7, 11) is 0. The molecular formula is C29H32N2+2. The van der Waals surface area contributed by atoms with Crippen LogP contribution in [0.2, 0.25) is 0 Å². The van der Waals surface area contributed by atoms with Gasteiger partial charge in [0, 0.05) is 34.7 Å². The van der Waals surface area contributed by atoms with Gasteiger partial charge in [0.1, 0.15) is 13.1 Å². The second-order valence-corrected chi connectivity index (χ2v) is 8.69. The zero-order valence-corrected chi connectivity index (χ0v) is 19.2. The Hall–Kier alpha value is -3.00. The minimum atomic E-state index is 0.0692. The SMILES string of the molecule is CC[n+]1ccc(-c2ccc3c(c2)C(CC)(CC)c2c[n+](CC)c4ccccc4c2-3)cc1. The fraction of sp³-hybridized carbons (Fsp3) is 0.310. The summed E-state index contributed by atoms with van der Waals surface area (Å²) in [6.07, 6.45) is 9.03. The molecule has 0 aliphatic heterocycles.